The number of hydrogen-bond acceptors (Lipinski definition) is 3. The molecule has 2 aromatic rings. The van der Waals surface area contributed by atoms with Gasteiger partial charge in [0, 0.05) is 0 Å². The molecule has 0 atom stereocenters. The topological polar surface area (TPSA) is 69.1 Å². The number of benzene rings is 1. The number of H-pyrrole nitrogens is 1. The highest BCUT2D eigenvalue weighted by atomic mass is 35.5. The number of alkyl halides is 3. The van der Waals surface area contributed by atoms with Crippen molar-refractivity contribution < 1.29 is 23.4 Å². The fourth-order valence-electron chi connectivity index (χ4n) is 1.30. The number of nitrogens with zero attached hydrogens (tertiary/aromatic N) is 1. The molecule has 1 heterocycles. The second kappa shape index (κ2) is 3.99. The SMILES string of the molecule is OC(O)(c1nc2cc(Cl)c(Cl)cc2[nH]1)C(F)(F)F. The van der Waals surface area contributed by atoms with Crippen LogP contribution in [0.2, 0.25) is 10.0 Å². The molecule has 0 unspecified atom stereocenters. The highest BCUT2D eigenvalue weighted by Crippen LogP contribution is 2.36. The fraction of sp³-hybridized carbons (Fsp3) is 0.222. The highest BCUT2D eigenvalue weighted by Gasteiger charge is 2.56. The molecule has 9 heteroatoms. The van der Waals surface area contributed by atoms with Crippen molar-refractivity contribution in [2.75, 3.05) is 0 Å². The van der Waals surface area contributed by atoms with E-state index in [0.29, 0.717) is 0 Å². The van der Waals surface area contributed by atoms with Gasteiger partial charge in [0.25, 0.3) is 0 Å². The summed E-state index contributed by atoms with van der Waals surface area (Å²) in [5.41, 5.74) is 0.146. The molecule has 0 aliphatic heterocycles. The smallest absolute Gasteiger partial charge is 0.353 e. The van der Waals surface area contributed by atoms with Crippen LogP contribution >= 0.6 is 23.2 Å². The second-order valence-electron chi connectivity index (χ2n) is 3.54. The molecule has 1 aromatic carbocycles. The summed E-state index contributed by atoms with van der Waals surface area (Å²) in [7, 11) is 0. The average molecular weight is 301 g/mol. The summed E-state index contributed by atoms with van der Waals surface area (Å²) in [6, 6.07) is 2.45. The van der Waals surface area contributed by atoms with Gasteiger partial charge in [-0.05, 0) is 12.1 Å². The third-order valence-corrected chi connectivity index (χ3v) is 2.97. The van der Waals surface area contributed by atoms with E-state index < -0.39 is 17.8 Å². The monoisotopic (exact) mass is 300 g/mol. The number of halogens is 5. The summed E-state index contributed by atoms with van der Waals surface area (Å²) in [5.74, 6) is -5.12. The van der Waals surface area contributed by atoms with E-state index in [1.165, 1.54) is 12.1 Å². The quantitative estimate of drug-likeness (QED) is 0.709. The first kappa shape index (κ1) is 13.4. The van der Waals surface area contributed by atoms with E-state index in [4.69, 9.17) is 33.4 Å². The Hall–Kier alpha value is -1.02. The largest absolute Gasteiger partial charge is 0.451 e. The number of imidazole rings is 1. The second-order valence-corrected chi connectivity index (χ2v) is 4.35. The molecule has 0 aliphatic carbocycles. The van der Waals surface area contributed by atoms with E-state index >= 15 is 0 Å². The van der Waals surface area contributed by atoms with Gasteiger partial charge in [-0.25, -0.2) is 4.98 Å². The van der Waals surface area contributed by atoms with Crippen LogP contribution in [0.5, 0.6) is 0 Å². The summed E-state index contributed by atoms with van der Waals surface area (Å²) in [6.45, 7) is 0. The molecular formula is C9H5Cl2F3N2O2. The van der Waals surface area contributed by atoms with Crippen LogP contribution in [-0.2, 0) is 5.79 Å². The van der Waals surface area contributed by atoms with Crippen molar-refractivity contribution in [3.05, 3.63) is 28.0 Å². The predicted octanol–water partition coefficient (Wildman–Crippen LogP) is 2.57. The van der Waals surface area contributed by atoms with E-state index in [-0.39, 0.29) is 21.1 Å². The minimum atomic E-state index is -5.28. The first-order valence-electron chi connectivity index (χ1n) is 4.49. The van der Waals surface area contributed by atoms with Crippen molar-refractivity contribution in [2.24, 2.45) is 0 Å². The van der Waals surface area contributed by atoms with E-state index in [1.54, 1.807) is 0 Å². The zero-order valence-electron chi connectivity index (χ0n) is 8.39. The molecule has 18 heavy (non-hydrogen) atoms. The van der Waals surface area contributed by atoms with Crippen molar-refractivity contribution in [1.82, 2.24) is 9.97 Å². The lowest BCUT2D eigenvalue weighted by Crippen LogP contribution is -2.43. The van der Waals surface area contributed by atoms with Gasteiger partial charge in [-0.1, -0.05) is 23.2 Å². The van der Waals surface area contributed by atoms with Crippen LogP contribution in [0.4, 0.5) is 13.2 Å². The maximum Gasteiger partial charge on any atom is 0.451 e. The third kappa shape index (κ3) is 2.03. The van der Waals surface area contributed by atoms with Crippen LogP contribution in [-0.4, -0.2) is 26.4 Å². The van der Waals surface area contributed by atoms with E-state index in [2.05, 4.69) is 9.97 Å². The number of aromatic nitrogens is 2. The van der Waals surface area contributed by atoms with Gasteiger partial charge in [-0.3, -0.25) is 0 Å². The Morgan fingerprint density at radius 1 is 1.11 bits per heavy atom. The molecule has 0 fully saturated rings. The van der Waals surface area contributed by atoms with Crippen LogP contribution in [0.25, 0.3) is 11.0 Å². The molecule has 1 aromatic heterocycles. The minimum absolute atomic E-state index is 0.0381. The third-order valence-electron chi connectivity index (χ3n) is 2.25. The van der Waals surface area contributed by atoms with Crippen LogP contribution in [0.15, 0.2) is 12.1 Å². The molecule has 0 bridgehead atoms. The number of rotatable bonds is 1. The van der Waals surface area contributed by atoms with Crippen molar-refractivity contribution in [2.45, 2.75) is 12.0 Å². The molecule has 3 N–H and O–H groups in total. The maximum atomic E-state index is 12.4. The van der Waals surface area contributed by atoms with Gasteiger partial charge in [0.1, 0.15) is 0 Å². The van der Waals surface area contributed by atoms with Crippen molar-refractivity contribution in [3.63, 3.8) is 0 Å². The maximum absolute atomic E-state index is 12.4. The van der Waals surface area contributed by atoms with E-state index in [1.807, 2.05) is 0 Å². The average Bonchev–Trinajstić information content (AvgIpc) is 2.60. The number of aromatic amines is 1. The molecule has 0 amide bonds. The van der Waals surface area contributed by atoms with Crippen molar-refractivity contribution in [1.29, 1.82) is 0 Å². The molecular weight excluding hydrogens is 296 g/mol. The molecule has 0 saturated heterocycles. The van der Waals surface area contributed by atoms with Crippen molar-refractivity contribution >= 4 is 34.2 Å². The van der Waals surface area contributed by atoms with Crippen LogP contribution < -0.4 is 0 Å². The van der Waals surface area contributed by atoms with E-state index in [0.717, 1.165) is 0 Å². The first-order chi connectivity index (χ1) is 8.13. The number of aliphatic hydroxyl groups is 2. The Morgan fingerprint density at radius 3 is 2.22 bits per heavy atom. The zero-order valence-corrected chi connectivity index (χ0v) is 9.90. The van der Waals surface area contributed by atoms with Crippen LogP contribution in [0.1, 0.15) is 5.82 Å². The Morgan fingerprint density at radius 2 is 1.67 bits per heavy atom. The lowest BCUT2D eigenvalue weighted by Gasteiger charge is -2.21. The summed E-state index contributed by atoms with van der Waals surface area (Å²) in [6.07, 6.45) is -5.28. The highest BCUT2D eigenvalue weighted by molar-refractivity contribution is 6.42. The standard InChI is InChI=1S/C9H5Cl2F3N2O2/c10-3-1-5-6(2-4(3)11)16-7(15-5)8(17,18)9(12,13)14/h1-2,17-18H,(H,15,16). The normalized spacial score (nSPS) is 13.3. The molecule has 2 rings (SSSR count). The van der Waals surface area contributed by atoms with Gasteiger partial charge in [0.15, 0.2) is 5.82 Å². The number of nitrogens with one attached hydrogen (secondary N) is 1. The van der Waals surface area contributed by atoms with Gasteiger partial charge in [-0.2, -0.15) is 13.2 Å². The Kier molecular flexibility index (Phi) is 2.97. The predicted molar refractivity (Wildman–Crippen MR) is 58.3 cm³/mol. The zero-order chi connectivity index (χ0) is 13.7. The summed E-state index contributed by atoms with van der Waals surface area (Å²) in [4.78, 5) is 5.57. The lowest BCUT2D eigenvalue weighted by molar-refractivity contribution is -0.361. The Balaban J connectivity index is 2.61. The lowest BCUT2D eigenvalue weighted by atomic mass is 10.2. The molecule has 98 valence electrons. The molecule has 4 nitrogen and oxygen atoms in total. The summed E-state index contributed by atoms with van der Waals surface area (Å²) >= 11 is 11.3. The minimum Gasteiger partial charge on any atom is -0.353 e. The number of hydrogen-bond donors (Lipinski definition) is 3. The van der Waals surface area contributed by atoms with Gasteiger partial charge in [0.05, 0.1) is 21.1 Å². The molecule has 0 radical (unpaired) electrons. The fourth-order valence-corrected chi connectivity index (χ4v) is 1.63. The van der Waals surface area contributed by atoms with Crippen LogP contribution in [0.3, 0.4) is 0 Å². The van der Waals surface area contributed by atoms with Crippen molar-refractivity contribution in [3.8, 4) is 0 Å². The van der Waals surface area contributed by atoms with E-state index in [9.17, 15) is 13.2 Å². The van der Waals surface area contributed by atoms with Gasteiger partial charge < -0.3 is 15.2 Å². The van der Waals surface area contributed by atoms with Crippen LogP contribution in [0, 0.1) is 0 Å². The summed E-state index contributed by atoms with van der Waals surface area (Å²) in [5, 5.41) is 18.3. The Bertz CT molecular complexity index is 571. The number of fused-ring (bicyclic) bond motifs is 1. The first-order valence-corrected chi connectivity index (χ1v) is 5.25. The molecule has 0 spiro atoms. The van der Waals surface area contributed by atoms with Gasteiger partial charge in [-0.15, -0.1) is 0 Å². The molecule has 0 aliphatic rings. The van der Waals surface area contributed by atoms with Gasteiger partial charge >= 0.3 is 12.0 Å². The van der Waals surface area contributed by atoms with Gasteiger partial charge in [0.2, 0.25) is 0 Å². The summed E-state index contributed by atoms with van der Waals surface area (Å²) < 4.78 is 37.2. The molecule has 0 saturated carbocycles. The Labute approximate surface area is 108 Å².